The van der Waals surface area contributed by atoms with Crippen LogP contribution in [0.5, 0.6) is 0 Å². The summed E-state index contributed by atoms with van der Waals surface area (Å²) in [6.45, 7) is 14.4. The average molecular weight is 734 g/mol. The summed E-state index contributed by atoms with van der Waals surface area (Å²) in [7, 11) is 1.84. The molecule has 0 radical (unpaired) electrons. The molecule has 0 N–H and O–H groups in total. The van der Waals surface area contributed by atoms with E-state index in [1.54, 1.807) is 13.8 Å². The van der Waals surface area contributed by atoms with Crippen LogP contribution in [0.4, 0.5) is 13.2 Å². The highest BCUT2D eigenvalue weighted by Crippen LogP contribution is 2.65. The maximum Gasteiger partial charge on any atom is 0.443 e. The van der Waals surface area contributed by atoms with Crippen molar-refractivity contribution < 1.29 is 61.1 Å². The summed E-state index contributed by atoms with van der Waals surface area (Å²) in [4.78, 5) is 26.0. The van der Waals surface area contributed by atoms with E-state index >= 15 is 13.2 Å². The lowest BCUT2D eigenvalue weighted by Crippen LogP contribution is -2.76. The molecule has 4 bridgehead atoms. The molecule has 10 fully saturated rings. The monoisotopic (exact) mass is 733 g/mol. The first-order valence-corrected chi connectivity index (χ1v) is 19.4. The third kappa shape index (κ3) is 5.46. The summed E-state index contributed by atoms with van der Waals surface area (Å²) in [5.74, 6) is -6.49. The van der Waals surface area contributed by atoms with E-state index in [2.05, 4.69) is 20.8 Å². The quantitative estimate of drug-likeness (QED) is 0.250. The molecular weight excluding hydrogens is 675 g/mol. The Balaban J connectivity index is 0.920. The first kappa shape index (κ1) is 37.3. The molecule has 14 heteroatoms. The summed E-state index contributed by atoms with van der Waals surface area (Å²) < 4.78 is 83.6. The normalized spacial score (nSPS) is 54.8. The molecule has 8 aliphatic heterocycles. The Bertz CT molecular complexity index is 1330. The van der Waals surface area contributed by atoms with Gasteiger partial charge in [0.1, 0.15) is 0 Å². The predicted octanol–water partition coefficient (Wildman–Crippen LogP) is 6.69. The molecule has 0 aromatic carbocycles. The van der Waals surface area contributed by atoms with Crippen LogP contribution in [-0.2, 0) is 48.0 Å². The molecule has 10 rings (SSSR count). The molecule has 8 heterocycles. The zero-order valence-electron chi connectivity index (χ0n) is 31.4. The number of hydrogen-bond donors (Lipinski definition) is 0. The third-order valence-corrected chi connectivity index (χ3v) is 14.9. The maximum absolute atomic E-state index is 15.2. The number of ether oxygens (including phenoxy) is 6. The van der Waals surface area contributed by atoms with Gasteiger partial charge in [-0.05, 0) is 90.0 Å². The van der Waals surface area contributed by atoms with Crippen molar-refractivity contribution >= 4 is 0 Å². The standard InChI is InChI=1S/C37H58F3NO10/c1-21-9-11-27-23(3)33(7,46-29-34(27)25(21)13-15-31(5,44-29)48-50-34)42-19-17-41(8)18-20-43-36(37(38,39)40)24(4)28-12-10-22(2)26-14-16-32(6)45-30(47-36)35(26,28)51-49-32/h21-30H,9-20H2,1-8H3/t21-,22-,23-,24-,25+,26+,27+,28+,29+,30+,31-,32+,33+,34-,35-,36-/m1/s1. The fraction of sp³-hybridized carbons (Fsp3) is 1.00. The molecule has 8 saturated heterocycles. The van der Waals surface area contributed by atoms with Crippen molar-refractivity contribution in [3.63, 3.8) is 0 Å². The van der Waals surface area contributed by atoms with Crippen LogP contribution >= 0.6 is 0 Å². The Hall–Kier alpha value is -0.650. The Morgan fingerprint density at radius 2 is 1.10 bits per heavy atom. The highest BCUT2D eigenvalue weighted by Gasteiger charge is 2.77. The van der Waals surface area contributed by atoms with Gasteiger partial charge in [-0.15, -0.1) is 0 Å². The van der Waals surface area contributed by atoms with Crippen LogP contribution in [0.25, 0.3) is 0 Å². The van der Waals surface area contributed by atoms with E-state index in [4.69, 9.17) is 48.0 Å². The van der Waals surface area contributed by atoms with Gasteiger partial charge in [0.2, 0.25) is 11.6 Å². The first-order valence-electron chi connectivity index (χ1n) is 19.4. The molecule has 0 amide bonds. The van der Waals surface area contributed by atoms with Crippen LogP contribution in [-0.4, -0.2) is 91.4 Å². The van der Waals surface area contributed by atoms with Crippen LogP contribution in [0.15, 0.2) is 0 Å². The van der Waals surface area contributed by atoms with Crippen LogP contribution < -0.4 is 0 Å². The topological polar surface area (TPSA) is 95.5 Å². The van der Waals surface area contributed by atoms with Gasteiger partial charge in [-0.25, -0.2) is 19.6 Å². The van der Waals surface area contributed by atoms with Gasteiger partial charge >= 0.3 is 6.18 Å². The molecule has 2 spiro atoms. The minimum atomic E-state index is -4.81. The Morgan fingerprint density at radius 1 is 0.608 bits per heavy atom. The highest BCUT2D eigenvalue weighted by atomic mass is 19.4. The predicted molar refractivity (Wildman–Crippen MR) is 173 cm³/mol. The van der Waals surface area contributed by atoms with Crippen LogP contribution in [0.1, 0.15) is 99.8 Å². The SMILES string of the molecule is C[C@@H]1CC[C@H]2[C@@H](C)[C@@](C)(OCCN(C)CCO[C@@]3(C(F)(F)F)O[C@@H]4O[C@]5(C)CC[C@H]6[C@H](C)CC[C@@H]([C@H]3C)[C@@]46OO5)O[C@@H]3O[C@@]4(C)CC[C@@H]1[C@]32OO4. The van der Waals surface area contributed by atoms with Crippen LogP contribution in [0, 0.1) is 47.3 Å². The van der Waals surface area contributed by atoms with E-state index in [1.807, 2.05) is 25.8 Å². The number of rotatable bonds is 8. The average Bonchev–Trinajstić information content (AvgIpc) is 3.43. The van der Waals surface area contributed by atoms with E-state index < -0.39 is 64.9 Å². The van der Waals surface area contributed by atoms with E-state index in [0.29, 0.717) is 31.9 Å². The Labute approximate surface area is 299 Å². The van der Waals surface area contributed by atoms with Crippen molar-refractivity contribution in [2.45, 2.75) is 153 Å². The van der Waals surface area contributed by atoms with Crippen molar-refractivity contribution in [2.75, 3.05) is 33.4 Å². The van der Waals surface area contributed by atoms with Gasteiger partial charge in [-0.2, -0.15) is 13.2 Å². The van der Waals surface area contributed by atoms with E-state index in [1.165, 1.54) is 0 Å². The third-order valence-electron chi connectivity index (χ3n) is 14.9. The van der Waals surface area contributed by atoms with Crippen LogP contribution in [0.2, 0.25) is 0 Å². The highest BCUT2D eigenvalue weighted by molar-refractivity contribution is 5.13. The lowest BCUT2D eigenvalue weighted by molar-refractivity contribution is -0.598. The summed E-state index contributed by atoms with van der Waals surface area (Å²) in [6, 6.07) is 0. The number of likely N-dealkylation sites (N-methyl/N-ethyl adjacent to an activating group) is 1. The number of nitrogens with zero attached hydrogens (tertiary/aromatic N) is 1. The van der Waals surface area contributed by atoms with Crippen molar-refractivity contribution in [1.29, 1.82) is 0 Å². The first-order chi connectivity index (χ1) is 23.9. The van der Waals surface area contributed by atoms with Crippen molar-refractivity contribution in [1.82, 2.24) is 4.90 Å². The van der Waals surface area contributed by atoms with Crippen LogP contribution in [0.3, 0.4) is 0 Å². The zero-order chi connectivity index (χ0) is 36.4. The summed E-state index contributed by atoms with van der Waals surface area (Å²) in [6.07, 6.45) is -0.439. The fourth-order valence-corrected chi connectivity index (χ4v) is 11.6. The Kier molecular flexibility index (Phi) is 9.08. The maximum atomic E-state index is 15.2. The molecule has 10 aliphatic rings. The molecule has 0 aromatic heterocycles. The molecule has 0 aromatic rings. The van der Waals surface area contributed by atoms with Gasteiger partial charge in [0.25, 0.3) is 5.79 Å². The largest absolute Gasteiger partial charge is 0.443 e. The number of alkyl halides is 3. The molecule has 11 nitrogen and oxygen atoms in total. The zero-order valence-corrected chi connectivity index (χ0v) is 31.4. The summed E-state index contributed by atoms with van der Waals surface area (Å²) >= 11 is 0. The molecule has 0 unspecified atom stereocenters. The molecule has 16 atom stereocenters. The molecule has 292 valence electrons. The van der Waals surface area contributed by atoms with Gasteiger partial charge in [0, 0.05) is 49.6 Å². The smallest absolute Gasteiger partial charge is 0.348 e. The Morgan fingerprint density at radius 3 is 1.63 bits per heavy atom. The second-order valence-electron chi connectivity index (χ2n) is 17.8. The van der Waals surface area contributed by atoms with Crippen molar-refractivity contribution in [2.24, 2.45) is 47.3 Å². The second kappa shape index (κ2) is 12.4. The molecule has 2 saturated carbocycles. The number of halogens is 3. The summed E-state index contributed by atoms with van der Waals surface area (Å²) in [5, 5.41) is 0. The molecule has 2 aliphatic carbocycles. The van der Waals surface area contributed by atoms with Gasteiger partial charge in [0.15, 0.2) is 29.6 Å². The summed E-state index contributed by atoms with van der Waals surface area (Å²) in [5.41, 5.74) is -1.81. The lowest BCUT2D eigenvalue weighted by Gasteiger charge is -2.62. The van der Waals surface area contributed by atoms with Gasteiger partial charge in [0.05, 0.1) is 13.2 Å². The van der Waals surface area contributed by atoms with E-state index in [0.717, 1.165) is 38.5 Å². The van der Waals surface area contributed by atoms with Gasteiger partial charge in [-0.3, -0.25) is 0 Å². The van der Waals surface area contributed by atoms with Gasteiger partial charge < -0.3 is 33.3 Å². The van der Waals surface area contributed by atoms with E-state index in [-0.39, 0.29) is 42.7 Å². The second-order valence-corrected chi connectivity index (χ2v) is 17.8. The van der Waals surface area contributed by atoms with Gasteiger partial charge in [-0.1, -0.05) is 27.7 Å². The molecule has 51 heavy (non-hydrogen) atoms. The van der Waals surface area contributed by atoms with Crippen molar-refractivity contribution in [3.8, 4) is 0 Å². The number of hydrogen-bond acceptors (Lipinski definition) is 11. The minimum absolute atomic E-state index is 0.0209. The van der Waals surface area contributed by atoms with Crippen molar-refractivity contribution in [3.05, 3.63) is 0 Å². The number of fused-ring (bicyclic) bond motifs is 4. The van der Waals surface area contributed by atoms with E-state index in [9.17, 15) is 0 Å². The minimum Gasteiger partial charge on any atom is -0.348 e. The molecular formula is C37H58F3NO10. The lowest BCUT2D eigenvalue weighted by atomic mass is 9.57. The fourth-order valence-electron chi connectivity index (χ4n) is 11.6.